The molecule has 0 bridgehead atoms. The van der Waals surface area contributed by atoms with Crippen LogP contribution in [0.4, 0.5) is 22.4 Å². The summed E-state index contributed by atoms with van der Waals surface area (Å²) in [6.45, 7) is 6.46. The quantitative estimate of drug-likeness (QED) is 0.556. The van der Waals surface area contributed by atoms with Crippen molar-refractivity contribution in [3.63, 3.8) is 0 Å². The number of nitrogens with zero attached hydrogens (tertiary/aromatic N) is 2. The van der Waals surface area contributed by atoms with Gasteiger partial charge in [-0.3, -0.25) is 9.69 Å². The summed E-state index contributed by atoms with van der Waals surface area (Å²) in [6.07, 6.45) is -5.81. The van der Waals surface area contributed by atoms with Gasteiger partial charge in [-0.15, -0.1) is 0 Å². The SMILES string of the molecule is C[C@@H]1CN(C(=O)OC(C)(C)C)[C@@H](c2ccc(F)c(Cl)c2)CN1C(=O)C1(C(F)(F)F)CC1. The first kappa shape index (κ1) is 23.6. The highest BCUT2D eigenvalue weighted by Gasteiger charge is 2.70. The van der Waals surface area contributed by atoms with Gasteiger partial charge in [0, 0.05) is 19.1 Å². The molecule has 0 N–H and O–H groups in total. The van der Waals surface area contributed by atoms with Gasteiger partial charge in [0.05, 0.1) is 11.1 Å². The molecule has 1 heterocycles. The van der Waals surface area contributed by atoms with Gasteiger partial charge in [0.1, 0.15) is 16.8 Å². The Morgan fingerprint density at radius 2 is 1.74 bits per heavy atom. The molecule has 31 heavy (non-hydrogen) atoms. The van der Waals surface area contributed by atoms with E-state index < -0.39 is 47.1 Å². The van der Waals surface area contributed by atoms with Crippen LogP contribution in [0.25, 0.3) is 0 Å². The number of piperazine rings is 1. The number of carbonyl (C=O) groups excluding carboxylic acids is 2. The maximum Gasteiger partial charge on any atom is 0.410 e. The zero-order valence-corrected chi connectivity index (χ0v) is 18.5. The number of hydrogen-bond donors (Lipinski definition) is 0. The van der Waals surface area contributed by atoms with Crippen molar-refractivity contribution in [3.8, 4) is 0 Å². The van der Waals surface area contributed by atoms with Crippen LogP contribution in [0.5, 0.6) is 0 Å². The van der Waals surface area contributed by atoms with Gasteiger partial charge in [-0.2, -0.15) is 13.2 Å². The smallest absolute Gasteiger partial charge is 0.410 e. The minimum atomic E-state index is -4.64. The molecule has 3 rings (SSSR count). The number of hydrogen-bond acceptors (Lipinski definition) is 3. The van der Waals surface area contributed by atoms with Gasteiger partial charge in [-0.1, -0.05) is 17.7 Å². The summed E-state index contributed by atoms with van der Waals surface area (Å²) in [4.78, 5) is 28.3. The molecule has 0 unspecified atom stereocenters. The lowest BCUT2D eigenvalue weighted by Crippen LogP contribution is -2.59. The van der Waals surface area contributed by atoms with Crippen LogP contribution in [0.15, 0.2) is 18.2 Å². The molecule has 5 nitrogen and oxygen atoms in total. The summed E-state index contributed by atoms with van der Waals surface area (Å²) >= 11 is 5.90. The molecular formula is C21H25ClF4N2O3. The molecule has 2 fully saturated rings. The Balaban J connectivity index is 1.95. The van der Waals surface area contributed by atoms with Gasteiger partial charge >= 0.3 is 12.3 Å². The fourth-order valence-electron chi connectivity index (χ4n) is 3.80. The molecule has 0 spiro atoms. The average Bonchev–Trinajstić information content (AvgIpc) is 3.44. The fourth-order valence-corrected chi connectivity index (χ4v) is 3.99. The van der Waals surface area contributed by atoms with Crippen molar-refractivity contribution in [2.45, 2.75) is 64.4 Å². The maximum absolute atomic E-state index is 13.7. The lowest BCUT2D eigenvalue weighted by Gasteiger charge is -2.46. The molecule has 172 valence electrons. The van der Waals surface area contributed by atoms with Crippen LogP contribution in [0.1, 0.15) is 52.1 Å². The lowest BCUT2D eigenvalue weighted by molar-refractivity contribution is -0.201. The molecule has 1 aliphatic heterocycles. The van der Waals surface area contributed by atoms with Crippen LogP contribution < -0.4 is 0 Å². The van der Waals surface area contributed by atoms with Crippen molar-refractivity contribution in [1.82, 2.24) is 9.80 Å². The molecule has 1 aromatic carbocycles. The molecular weight excluding hydrogens is 440 g/mol. The zero-order chi connectivity index (χ0) is 23.4. The number of alkyl halides is 3. The summed E-state index contributed by atoms with van der Waals surface area (Å²) < 4.78 is 59.8. The first-order valence-electron chi connectivity index (χ1n) is 9.99. The van der Waals surface area contributed by atoms with Crippen molar-refractivity contribution in [2.75, 3.05) is 13.1 Å². The van der Waals surface area contributed by atoms with Crippen molar-refractivity contribution < 1.29 is 31.9 Å². The van der Waals surface area contributed by atoms with Crippen molar-refractivity contribution in [1.29, 1.82) is 0 Å². The number of amides is 2. The average molecular weight is 465 g/mol. The number of benzene rings is 1. The van der Waals surface area contributed by atoms with E-state index in [4.69, 9.17) is 16.3 Å². The molecule has 2 atom stereocenters. The van der Waals surface area contributed by atoms with Gasteiger partial charge in [-0.25, -0.2) is 9.18 Å². The highest BCUT2D eigenvalue weighted by atomic mass is 35.5. The highest BCUT2D eigenvalue weighted by Crippen LogP contribution is 2.59. The molecule has 1 saturated carbocycles. The molecule has 1 saturated heterocycles. The summed E-state index contributed by atoms with van der Waals surface area (Å²) in [7, 11) is 0. The number of rotatable bonds is 2. The minimum Gasteiger partial charge on any atom is -0.444 e. The van der Waals surface area contributed by atoms with Gasteiger partial charge in [-0.05, 0) is 58.2 Å². The van der Waals surface area contributed by atoms with E-state index in [0.29, 0.717) is 5.56 Å². The summed E-state index contributed by atoms with van der Waals surface area (Å²) in [5.74, 6) is -1.66. The Hall–Kier alpha value is -2.03. The zero-order valence-electron chi connectivity index (χ0n) is 17.7. The monoisotopic (exact) mass is 464 g/mol. The molecule has 1 aliphatic carbocycles. The summed E-state index contributed by atoms with van der Waals surface area (Å²) in [5, 5.41) is -0.188. The van der Waals surface area contributed by atoms with E-state index in [9.17, 15) is 27.2 Å². The minimum absolute atomic E-state index is 0.0335. The molecule has 1 aromatic rings. The van der Waals surface area contributed by atoms with Crippen LogP contribution in [-0.2, 0) is 9.53 Å². The van der Waals surface area contributed by atoms with Crippen molar-refractivity contribution in [2.24, 2.45) is 5.41 Å². The van der Waals surface area contributed by atoms with Crippen LogP contribution >= 0.6 is 11.6 Å². The van der Waals surface area contributed by atoms with Crippen molar-refractivity contribution >= 4 is 23.6 Å². The third-order valence-electron chi connectivity index (χ3n) is 5.66. The Morgan fingerprint density at radius 3 is 2.23 bits per heavy atom. The van der Waals surface area contributed by atoms with E-state index >= 15 is 0 Å². The third-order valence-corrected chi connectivity index (χ3v) is 5.95. The van der Waals surface area contributed by atoms with E-state index in [2.05, 4.69) is 0 Å². The first-order chi connectivity index (χ1) is 14.2. The second-order valence-corrected chi connectivity index (χ2v) is 9.62. The van der Waals surface area contributed by atoms with Gasteiger partial charge in [0.25, 0.3) is 0 Å². The van der Waals surface area contributed by atoms with Crippen LogP contribution in [-0.4, -0.2) is 52.7 Å². The van der Waals surface area contributed by atoms with Crippen molar-refractivity contribution in [3.05, 3.63) is 34.6 Å². The number of halogens is 5. The molecule has 10 heteroatoms. The van der Waals surface area contributed by atoms with Crippen LogP contribution in [0.3, 0.4) is 0 Å². The van der Waals surface area contributed by atoms with Gasteiger partial charge in [0.2, 0.25) is 5.91 Å². The Bertz CT molecular complexity index is 880. The lowest BCUT2D eigenvalue weighted by atomic mass is 9.96. The molecule has 0 radical (unpaired) electrons. The molecule has 2 amide bonds. The third kappa shape index (κ3) is 4.61. The second-order valence-electron chi connectivity index (χ2n) is 9.21. The van der Waals surface area contributed by atoms with Crippen LogP contribution in [0.2, 0.25) is 5.02 Å². The standard InChI is InChI=1S/C21H25ClF4N2O3/c1-12-10-28(18(30)31-19(2,3)4)16(13-5-6-15(23)14(22)9-13)11-27(12)17(29)20(7-8-20)21(24,25)26/h5-6,9,12,16H,7-8,10-11H2,1-4H3/t12-,16-/m1/s1. The second kappa shape index (κ2) is 7.83. The summed E-state index contributed by atoms with van der Waals surface area (Å²) in [5.41, 5.74) is -2.76. The maximum atomic E-state index is 13.7. The Kier molecular flexibility index (Phi) is 5.97. The van der Waals surface area contributed by atoms with Crippen LogP contribution in [0, 0.1) is 11.2 Å². The number of carbonyl (C=O) groups is 2. The topological polar surface area (TPSA) is 49.9 Å². The van der Waals surface area contributed by atoms with E-state index in [1.807, 2.05) is 0 Å². The van der Waals surface area contributed by atoms with E-state index in [1.165, 1.54) is 21.9 Å². The Labute approximate surface area is 183 Å². The van der Waals surface area contributed by atoms with Gasteiger partial charge < -0.3 is 9.64 Å². The molecule has 2 aliphatic rings. The largest absolute Gasteiger partial charge is 0.444 e. The normalized spacial score (nSPS) is 23.5. The fraction of sp³-hybridized carbons (Fsp3) is 0.619. The predicted octanol–water partition coefficient (Wildman–Crippen LogP) is 5.33. The Morgan fingerprint density at radius 1 is 1.13 bits per heavy atom. The number of ether oxygens (including phenoxy) is 1. The van der Waals surface area contributed by atoms with E-state index in [1.54, 1.807) is 27.7 Å². The predicted molar refractivity (Wildman–Crippen MR) is 106 cm³/mol. The van der Waals surface area contributed by atoms with E-state index in [-0.39, 0.29) is 31.0 Å². The highest BCUT2D eigenvalue weighted by molar-refractivity contribution is 6.30. The summed E-state index contributed by atoms with van der Waals surface area (Å²) in [6, 6.07) is 2.34. The molecule has 0 aromatic heterocycles. The first-order valence-corrected chi connectivity index (χ1v) is 10.4. The van der Waals surface area contributed by atoms with E-state index in [0.717, 1.165) is 6.07 Å². The van der Waals surface area contributed by atoms with Gasteiger partial charge in [0.15, 0.2) is 0 Å².